The number of rotatable bonds is 11. The predicted octanol–water partition coefficient (Wildman–Crippen LogP) is 4.90. The zero-order valence-corrected chi connectivity index (χ0v) is 24.1. The summed E-state index contributed by atoms with van der Waals surface area (Å²) in [5, 5.41) is 3.08. The quantitative estimate of drug-likeness (QED) is 0.348. The maximum atomic E-state index is 14.0. The molecule has 0 bridgehead atoms. The van der Waals surface area contributed by atoms with E-state index in [0.717, 1.165) is 54.1 Å². The Bertz CT molecular complexity index is 1430. The number of para-hydroxylation sites is 1. The Hall–Kier alpha value is -3.92. The molecular formula is C31H36FN3O5S. The lowest BCUT2D eigenvalue weighted by molar-refractivity contribution is -0.139. The average Bonchev–Trinajstić information content (AvgIpc) is 2.99. The smallest absolute Gasteiger partial charge is 0.264 e. The molecule has 8 nitrogen and oxygen atoms in total. The van der Waals surface area contributed by atoms with E-state index in [2.05, 4.69) is 5.32 Å². The van der Waals surface area contributed by atoms with Crippen molar-refractivity contribution in [3.63, 3.8) is 0 Å². The molecule has 0 aromatic heterocycles. The maximum Gasteiger partial charge on any atom is 0.264 e. The highest BCUT2D eigenvalue weighted by Gasteiger charge is 2.33. The number of anilines is 1. The number of ether oxygens (including phenoxy) is 1. The summed E-state index contributed by atoms with van der Waals surface area (Å²) in [5.74, 6) is -0.831. The van der Waals surface area contributed by atoms with E-state index >= 15 is 0 Å². The van der Waals surface area contributed by atoms with Crippen LogP contribution in [0, 0.1) is 5.82 Å². The summed E-state index contributed by atoms with van der Waals surface area (Å²) >= 11 is 0. The molecule has 2 amide bonds. The van der Waals surface area contributed by atoms with E-state index in [1.165, 1.54) is 17.0 Å². The molecule has 0 spiro atoms. The van der Waals surface area contributed by atoms with Crippen LogP contribution in [0.3, 0.4) is 0 Å². The number of halogens is 1. The fourth-order valence-electron chi connectivity index (χ4n) is 4.98. The number of amides is 2. The van der Waals surface area contributed by atoms with E-state index < -0.39 is 34.3 Å². The monoisotopic (exact) mass is 581 g/mol. The van der Waals surface area contributed by atoms with Gasteiger partial charge in [-0.15, -0.1) is 0 Å². The molecule has 1 aliphatic rings. The topological polar surface area (TPSA) is 96.0 Å². The van der Waals surface area contributed by atoms with Crippen LogP contribution in [0.25, 0.3) is 0 Å². The van der Waals surface area contributed by atoms with Crippen molar-refractivity contribution in [1.29, 1.82) is 0 Å². The van der Waals surface area contributed by atoms with Crippen molar-refractivity contribution < 1.29 is 27.1 Å². The van der Waals surface area contributed by atoms with E-state index in [-0.39, 0.29) is 29.1 Å². The molecule has 3 aromatic carbocycles. The molecule has 0 saturated heterocycles. The first-order valence-electron chi connectivity index (χ1n) is 13.7. The third-order valence-corrected chi connectivity index (χ3v) is 9.12. The highest BCUT2D eigenvalue weighted by Crippen LogP contribution is 2.25. The minimum Gasteiger partial charge on any atom is -0.497 e. The first-order valence-corrected chi connectivity index (χ1v) is 15.2. The van der Waals surface area contributed by atoms with Gasteiger partial charge >= 0.3 is 0 Å². The van der Waals surface area contributed by atoms with Gasteiger partial charge < -0.3 is 15.0 Å². The highest BCUT2D eigenvalue weighted by atomic mass is 32.2. The van der Waals surface area contributed by atoms with Crippen molar-refractivity contribution in [2.75, 3.05) is 18.0 Å². The molecule has 10 heteroatoms. The molecule has 0 heterocycles. The fraction of sp³-hybridized carbons (Fsp3) is 0.355. The van der Waals surface area contributed by atoms with Crippen LogP contribution >= 0.6 is 0 Å². The van der Waals surface area contributed by atoms with Gasteiger partial charge in [-0.1, -0.05) is 49.6 Å². The van der Waals surface area contributed by atoms with Crippen molar-refractivity contribution in [2.45, 2.75) is 62.6 Å². The number of carbonyl (C=O) groups is 2. The fourth-order valence-corrected chi connectivity index (χ4v) is 6.39. The third-order valence-electron chi connectivity index (χ3n) is 7.33. The number of nitrogens with one attached hydrogen (secondary N) is 1. The molecular weight excluding hydrogens is 545 g/mol. The van der Waals surface area contributed by atoms with Gasteiger partial charge in [0.15, 0.2) is 0 Å². The summed E-state index contributed by atoms with van der Waals surface area (Å²) < 4.78 is 47.4. The summed E-state index contributed by atoms with van der Waals surface area (Å²) in [4.78, 5) is 28.6. The molecule has 4 rings (SSSR count). The molecule has 41 heavy (non-hydrogen) atoms. The Morgan fingerprint density at radius 2 is 1.66 bits per heavy atom. The maximum absolute atomic E-state index is 14.0. The van der Waals surface area contributed by atoms with Gasteiger partial charge in [0.2, 0.25) is 11.8 Å². The van der Waals surface area contributed by atoms with Gasteiger partial charge in [-0.3, -0.25) is 13.9 Å². The first-order chi connectivity index (χ1) is 19.7. The number of sulfonamides is 1. The number of hydrogen-bond acceptors (Lipinski definition) is 5. The van der Waals surface area contributed by atoms with E-state index in [0.29, 0.717) is 5.75 Å². The number of methoxy groups -OCH3 is 1. The van der Waals surface area contributed by atoms with Gasteiger partial charge in [0.25, 0.3) is 10.0 Å². The van der Waals surface area contributed by atoms with E-state index in [9.17, 15) is 22.4 Å². The molecule has 1 atom stereocenters. The minimum atomic E-state index is -4.25. The summed E-state index contributed by atoms with van der Waals surface area (Å²) in [5.41, 5.74) is 0.994. The second-order valence-electron chi connectivity index (χ2n) is 10.2. The van der Waals surface area contributed by atoms with Gasteiger partial charge in [-0.25, -0.2) is 12.8 Å². The lowest BCUT2D eigenvalue weighted by Gasteiger charge is -2.33. The summed E-state index contributed by atoms with van der Waals surface area (Å²) in [6.45, 7) is 1.15. The largest absolute Gasteiger partial charge is 0.497 e. The zero-order chi connectivity index (χ0) is 29.4. The van der Waals surface area contributed by atoms with Gasteiger partial charge in [-0.2, -0.15) is 0 Å². The average molecular weight is 582 g/mol. The minimum absolute atomic E-state index is 0.0483. The molecule has 1 fully saturated rings. The summed E-state index contributed by atoms with van der Waals surface area (Å²) in [6.07, 6.45) is 5.00. The van der Waals surface area contributed by atoms with Crippen molar-refractivity contribution in [1.82, 2.24) is 10.2 Å². The molecule has 1 unspecified atom stereocenters. The number of carbonyl (C=O) groups excluding carboxylic acids is 2. The zero-order valence-electron chi connectivity index (χ0n) is 23.3. The number of nitrogens with zero attached hydrogens (tertiary/aromatic N) is 2. The predicted molar refractivity (Wildman–Crippen MR) is 155 cm³/mol. The van der Waals surface area contributed by atoms with Gasteiger partial charge in [0, 0.05) is 12.6 Å². The standard InChI is InChI=1S/C31H36FN3O5S/c1-23(31(37)33-26-11-5-3-6-12-26)34(21-24-10-9-15-28(20-24)40-2)30(36)22-35(27-13-7-4-8-14-27)41(38,39)29-18-16-25(32)17-19-29/h4,7-10,13-20,23,26H,3,5-6,11-12,21-22H2,1-2H3,(H,33,37). The summed E-state index contributed by atoms with van der Waals surface area (Å²) in [6, 6.07) is 19.0. The highest BCUT2D eigenvalue weighted by molar-refractivity contribution is 7.92. The van der Waals surface area contributed by atoms with Crippen LogP contribution in [0.4, 0.5) is 10.1 Å². The molecule has 3 aromatic rings. The Morgan fingerprint density at radius 1 is 0.976 bits per heavy atom. The molecule has 0 aliphatic heterocycles. The van der Waals surface area contributed by atoms with Gasteiger partial charge in [0.05, 0.1) is 17.7 Å². The Kier molecular flexibility index (Phi) is 9.99. The van der Waals surface area contributed by atoms with E-state index in [4.69, 9.17) is 4.74 Å². The molecule has 0 radical (unpaired) electrons. The first kappa shape index (κ1) is 30.0. The van der Waals surface area contributed by atoms with Gasteiger partial charge in [-0.05, 0) is 73.9 Å². The Labute approximate surface area is 241 Å². The van der Waals surface area contributed by atoms with Crippen molar-refractivity contribution >= 4 is 27.5 Å². The second-order valence-corrected chi connectivity index (χ2v) is 12.1. The van der Waals surface area contributed by atoms with E-state index in [1.54, 1.807) is 62.6 Å². The van der Waals surface area contributed by atoms with Crippen LogP contribution in [-0.4, -0.2) is 50.9 Å². The van der Waals surface area contributed by atoms with Crippen LogP contribution in [0.15, 0.2) is 83.8 Å². The third kappa shape index (κ3) is 7.64. The van der Waals surface area contributed by atoms with Crippen molar-refractivity contribution in [2.24, 2.45) is 0 Å². The molecule has 218 valence electrons. The number of hydrogen-bond donors (Lipinski definition) is 1. The van der Waals surface area contributed by atoms with Crippen LogP contribution in [0.1, 0.15) is 44.6 Å². The van der Waals surface area contributed by atoms with Crippen LogP contribution in [0.2, 0.25) is 0 Å². The second kappa shape index (κ2) is 13.6. The van der Waals surface area contributed by atoms with Gasteiger partial charge in [0.1, 0.15) is 24.2 Å². The van der Waals surface area contributed by atoms with Crippen molar-refractivity contribution in [3.05, 3.63) is 90.2 Å². The van der Waals surface area contributed by atoms with Crippen LogP contribution < -0.4 is 14.4 Å². The molecule has 1 saturated carbocycles. The normalized spacial score (nSPS) is 14.6. The van der Waals surface area contributed by atoms with E-state index in [1.807, 2.05) is 6.07 Å². The number of benzene rings is 3. The molecule has 1 aliphatic carbocycles. The Morgan fingerprint density at radius 3 is 2.32 bits per heavy atom. The Balaban J connectivity index is 1.66. The van der Waals surface area contributed by atoms with Crippen LogP contribution in [0.5, 0.6) is 5.75 Å². The SMILES string of the molecule is COc1cccc(CN(C(=O)CN(c2ccccc2)S(=O)(=O)c2ccc(F)cc2)C(C)C(=O)NC2CCCCC2)c1. The molecule has 1 N–H and O–H groups in total. The lowest BCUT2D eigenvalue weighted by Crippen LogP contribution is -2.53. The van der Waals surface area contributed by atoms with Crippen molar-refractivity contribution in [3.8, 4) is 5.75 Å². The summed E-state index contributed by atoms with van der Waals surface area (Å²) in [7, 11) is -2.71. The van der Waals surface area contributed by atoms with Crippen LogP contribution in [-0.2, 0) is 26.2 Å². The lowest BCUT2D eigenvalue weighted by atomic mass is 9.95.